The van der Waals surface area contributed by atoms with Crippen molar-refractivity contribution in [2.45, 2.75) is 57.5 Å². The predicted molar refractivity (Wildman–Crippen MR) is 91.0 cm³/mol. The van der Waals surface area contributed by atoms with E-state index in [0.717, 1.165) is 12.1 Å². The molecule has 0 spiro atoms. The van der Waals surface area contributed by atoms with Crippen LogP contribution in [0.3, 0.4) is 0 Å². The second kappa shape index (κ2) is 7.34. The largest absolute Gasteiger partial charge is 0.444 e. The number of hydrogen-bond donors (Lipinski definition) is 1. The molecule has 0 saturated carbocycles. The molecule has 2 unspecified atom stereocenters. The molecule has 10 heteroatoms. The minimum atomic E-state index is -4.67. The van der Waals surface area contributed by atoms with Gasteiger partial charge in [0.1, 0.15) is 5.60 Å². The van der Waals surface area contributed by atoms with Gasteiger partial charge in [0.25, 0.3) is 5.69 Å². The molecule has 1 aromatic rings. The molecular weight excluding hydrogens is 367 g/mol. The lowest BCUT2D eigenvalue weighted by molar-refractivity contribution is -0.386. The SMILES string of the molecule is CC(C)(C)OC(=O)N1CCC(c2ccc(C(F)(F)F)cc2[N+](=O)[O-])CC1N. The van der Waals surface area contributed by atoms with Gasteiger partial charge in [-0.3, -0.25) is 15.0 Å². The van der Waals surface area contributed by atoms with Crippen molar-refractivity contribution in [2.75, 3.05) is 6.54 Å². The Bertz CT molecular complexity index is 731. The van der Waals surface area contributed by atoms with Crippen LogP contribution in [0.5, 0.6) is 0 Å². The smallest absolute Gasteiger partial charge is 0.416 e. The number of carbonyl (C=O) groups excluding carboxylic acids is 1. The predicted octanol–water partition coefficient (Wildman–Crippen LogP) is 4.01. The van der Waals surface area contributed by atoms with Gasteiger partial charge in [-0.25, -0.2) is 4.79 Å². The Morgan fingerprint density at radius 2 is 1.96 bits per heavy atom. The number of hydrogen-bond acceptors (Lipinski definition) is 5. The zero-order valence-corrected chi connectivity index (χ0v) is 15.2. The van der Waals surface area contributed by atoms with Crippen LogP contribution >= 0.6 is 0 Å². The number of benzene rings is 1. The Balaban J connectivity index is 2.22. The number of piperidine rings is 1. The highest BCUT2D eigenvalue weighted by Crippen LogP contribution is 2.39. The van der Waals surface area contributed by atoms with Gasteiger partial charge in [0.05, 0.1) is 16.7 Å². The van der Waals surface area contributed by atoms with Crippen LogP contribution in [0.2, 0.25) is 0 Å². The van der Waals surface area contributed by atoms with E-state index in [2.05, 4.69) is 0 Å². The molecular formula is C17H22F3N3O4. The standard InChI is InChI=1S/C17H22F3N3O4/c1-16(2,3)27-15(24)22-7-6-10(8-14(22)21)12-5-4-11(17(18,19)20)9-13(12)23(25)26/h4-5,9-10,14H,6-8,21H2,1-3H3. The molecule has 27 heavy (non-hydrogen) atoms. The molecule has 1 aliphatic heterocycles. The summed E-state index contributed by atoms with van der Waals surface area (Å²) in [5, 5.41) is 11.3. The first kappa shape index (κ1) is 20.9. The molecule has 0 aromatic heterocycles. The number of likely N-dealkylation sites (tertiary alicyclic amines) is 1. The summed E-state index contributed by atoms with van der Waals surface area (Å²) >= 11 is 0. The number of nitro groups is 1. The first-order valence-corrected chi connectivity index (χ1v) is 8.40. The number of carbonyl (C=O) groups is 1. The first-order chi connectivity index (χ1) is 12.3. The summed E-state index contributed by atoms with van der Waals surface area (Å²) in [6.07, 6.45) is -5.49. The quantitative estimate of drug-likeness (QED) is 0.609. The molecule has 2 N–H and O–H groups in total. The van der Waals surface area contributed by atoms with Crippen molar-refractivity contribution < 1.29 is 27.6 Å². The molecule has 7 nitrogen and oxygen atoms in total. The molecule has 1 saturated heterocycles. The van der Waals surface area contributed by atoms with Crippen LogP contribution in [0.25, 0.3) is 0 Å². The minimum absolute atomic E-state index is 0.186. The maximum Gasteiger partial charge on any atom is 0.416 e. The molecule has 0 bridgehead atoms. The maximum atomic E-state index is 12.8. The summed E-state index contributed by atoms with van der Waals surface area (Å²) in [7, 11) is 0. The Morgan fingerprint density at radius 1 is 1.33 bits per heavy atom. The third-order valence-corrected chi connectivity index (χ3v) is 4.27. The highest BCUT2D eigenvalue weighted by Gasteiger charge is 2.37. The number of halogens is 3. The van der Waals surface area contributed by atoms with Crippen LogP contribution < -0.4 is 5.73 Å². The van der Waals surface area contributed by atoms with Gasteiger partial charge in [0.15, 0.2) is 0 Å². The summed E-state index contributed by atoms with van der Waals surface area (Å²) in [5.74, 6) is -0.429. The normalized spacial score (nSPS) is 21.1. The van der Waals surface area contributed by atoms with Crippen LogP contribution in [0.4, 0.5) is 23.7 Å². The van der Waals surface area contributed by atoms with E-state index in [1.807, 2.05) is 0 Å². The molecule has 2 atom stereocenters. The second-order valence-electron chi connectivity index (χ2n) is 7.49. The van der Waals surface area contributed by atoms with Crippen LogP contribution in [-0.2, 0) is 10.9 Å². The highest BCUT2D eigenvalue weighted by atomic mass is 19.4. The number of rotatable bonds is 2. The topological polar surface area (TPSA) is 98.7 Å². The van der Waals surface area contributed by atoms with Gasteiger partial charge >= 0.3 is 12.3 Å². The average Bonchev–Trinajstić information content (AvgIpc) is 2.51. The highest BCUT2D eigenvalue weighted by molar-refractivity contribution is 5.68. The monoisotopic (exact) mass is 389 g/mol. The summed E-state index contributed by atoms with van der Waals surface area (Å²) in [6, 6.07) is 2.50. The molecule has 0 radical (unpaired) electrons. The van der Waals surface area contributed by atoms with Crippen LogP contribution in [-0.4, -0.2) is 34.2 Å². The first-order valence-electron chi connectivity index (χ1n) is 8.40. The van der Waals surface area contributed by atoms with E-state index in [1.165, 1.54) is 4.90 Å². The third-order valence-electron chi connectivity index (χ3n) is 4.27. The Kier molecular flexibility index (Phi) is 5.69. The molecule has 1 heterocycles. The maximum absolute atomic E-state index is 12.8. The molecule has 1 aromatic carbocycles. The third kappa shape index (κ3) is 5.09. The fourth-order valence-corrected chi connectivity index (χ4v) is 3.05. The van der Waals surface area contributed by atoms with E-state index in [-0.39, 0.29) is 18.5 Å². The fraction of sp³-hybridized carbons (Fsp3) is 0.588. The number of nitrogens with zero attached hydrogens (tertiary/aromatic N) is 2. The van der Waals surface area contributed by atoms with Crippen molar-refractivity contribution in [2.24, 2.45) is 5.73 Å². The Hall–Kier alpha value is -2.36. The zero-order chi connectivity index (χ0) is 20.6. The molecule has 2 rings (SSSR count). The summed E-state index contributed by atoms with van der Waals surface area (Å²) in [5.41, 5.74) is 3.85. The van der Waals surface area contributed by atoms with Gasteiger partial charge in [-0.05, 0) is 45.6 Å². The summed E-state index contributed by atoms with van der Waals surface area (Å²) in [4.78, 5) is 24.0. The number of amides is 1. The van der Waals surface area contributed by atoms with Crippen molar-refractivity contribution in [3.63, 3.8) is 0 Å². The van der Waals surface area contributed by atoms with Gasteiger partial charge in [-0.2, -0.15) is 13.2 Å². The van der Waals surface area contributed by atoms with Gasteiger partial charge < -0.3 is 10.5 Å². The van der Waals surface area contributed by atoms with E-state index in [1.54, 1.807) is 20.8 Å². The van der Waals surface area contributed by atoms with Gasteiger partial charge in [-0.15, -0.1) is 0 Å². The molecule has 0 aliphatic carbocycles. The van der Waals surface area contributed by atoms with Gasteiger partial charge in [-0.1, -0.05) is 6.07 Å². The van der Waals surface area contributed by atoms with Crippen molar-refractivity contribution in [1.82, 2.24) is 4.90 Å². The number of ether oxygens (including phenoxy) is 1. The lowest BCUT2D eigenvalue weighted by Gasteiger charge is -2.38. The van der Waals surface area contributed by atoms with Crippen molar-refractivity contribution in [3.05, 3.63) is 39.4 Å². The van der Waals surface area contributed by atoms with Gasteiger partial charge in [0.2, 0.25) is 0 Å². The van der Waals surface area contributed by atoms with Crippen molar-refractivity contribution >= 4 is 11.8 Å². The van der Waals surface area contributed by atoms with E-state index in [0.29, 0.717) is 12.5 Å². The van der Waals surface area contributed by atoms with Crippen LogP contribution in [0.15, 0.2) is 18.2 Å². The second-order valence-corrected chi connectivity index (χ2v) is 7.49. The Morgan fingerprint density at radius 3 is 2.44 bits per heavy atom. The van der Waals surface area contributed by atoms with Crippen LogP contribution in [0.1, 0.15) is 50.7 Å². The van der Waals surface area contributed by atoms with Crippen LogP contribution in [0, 0.1) is 10.1 Å². The van der Waals surface area contributed by atoms with Gasteiger partial charge in [0, 0.05) is 18.2 Å². The lowest BCUT2D eigenvalue weighted by Crippen LogP contribution is -2.51. The fourth-order valence-electron chi connectivity index (χ4n) is 3.05. The van der Waals surface area contributed by atoms with E-state index < -0.39 is 46.1 Å². The lowest BCUT2D eigenvalue weighted by atomic mass is 9.86. The zero-order valence-electron chi connectivity index (χ0n) is 15.2. The molecule has 1 amide bonds. The average molecular weight is 389 g/mol. The van der Waals surface area contributed by atoms with E-state index in [4.69, 9.17) is 10.5 Å². The number of nitrogens with two attached hydrogens (primary N) is 1. The van der Waals surface area contributed by atoms with Crippen molar-refractivity contribution in [3.8, 4) is 0 Å². The Labute approximate surface area is 154 Å². The summed E-state index contributed by atoms with van der Waals surface area (Å²) < 4.78 is 43.8. The van der Waals surface area contributed by atoms with E-state index in [9.17, 15) is 28.1 Å². The molecule has 150 valence electrons. The summed E-state index contributed by atoms with van der Waals surface area (Å²) in [6.45, 7) is 5.34. The minimum Gasteiger partial charge on any atom is -0.444 e. The van der Waals surface area contributed by atoms with E-state index >= 15 is 0 Å². The molecule has 1 aliphatic rings. The number of alkyl halides is 3. The molecule has 1 fully saturated rings. The van der Waals surface area contributed by atoms with Crippen molar-refractivity contribution in [1.29, 1.82) is 0 Å². The number of nitro benzene ring substituents is 1.